The Morgan fingerprint density at radius 1 is 0.958 bits per heavy atom. The van der Waals surface area contributed by atoms with Gasteiger partial charge in [-0.05, 0) is 57.8 Å². The molecule has 0 aromatic carbocycles. The van der Waals surface area contributed by atoms with Crippen molar-refractivity contribution < 1.29 is 20.4 Å². The lowest BCUT2D eigenvalue weighted by atomic mass is 9.70. The minimum absolute atomic E-state index is 0.123. The van der Waals surface area contributed by atoms with Crippen LogP contribution in [0.5, 0.6) is 0 Å². The molecule has 1 saturated carbocycles. The van der Waals surface area contributed by atoms with Gasteiger partial charge in [-0.15, -0.1) is 0 Å². The molecule has 4 unspecified atom stereocenters. The molecule has 4 nitrogen and oxygen atoms in total. The number of aliphatic hydroxyl groups is 4. The molecule has 0 heterocycles. The van der Waals surface area contributed by atoms with E-state index in [4.69, 9.17) is 0 Å². The van der Waals surface area contributed by atoms with Crippen molar-refractivity contribution in [3.63, 3.8) is 0 Å². The smallest absolute Gasteiger partial charge is 0.0879 e. The Balaban J connectivity index is 0.000000243. The molecule has 4 heteroatoms. The van der Waals surface area contributed by atoms with Crippen molar-refractivity contribution in [1.29, 1.82) is 0 Å². The van der Waals surface area contributed by atoms with Crippen LogP contribution in [0.15, 0.2) is 11.6 Å². The molecule has 0 aromatic rings. The van der Waals surface area contributed by atoms with Crippen molar-refractivity contribution in [3.05, 3.63) is 11.6 Å². The third kappa shape index (κ3) is 5.29. The molecule has 0 radical (unpaired) electrons. The van der Waals surface area contributed by atoms with Gasteiger partial charge < -0.3 is 20.4 Å². The van der Waals surface area contributed by atoms with Gasteiger partial charge in [-0.2, -0.15) is 0 Å². The largest absolute Gasteiger partial charge is 0.390 e. The summed E-state index contributed by atoms with van der Waals surface area (Å²) < 4.78 is 0. The average molecular weight is 343 g/mol. The second kappa shape index (κ2) is 7.86. The van der Waals surface area contributed by atoms with E-state index in [1.54, 1.807) is 6.92 Å². The lowest BCUT2D eigenvalue weighted by Gasteiger charge is -2.44. The number of allylic oxidation sites excluding steroid dienone is 1. The minimum atomic E-state index is -1.03. The summed E-state index contributed by atoms with van der Waals surface area (Å²) in [4.78, 5) is 0. The van der Waals surface area contributed by atoms with Crippen LogP contribution in [0.4, 0.5) is 0 Å². The van der Waals surface area contributed by atoms with Gasteiger partial charge in [0, 0.05) is 6.42 Å². The van der Waals surface area contributed by atoms with Crippen molar-refractivity contribution >= 4 is 0 Å². The van der Waals surface area contributed by atoms with Crippen LogP contribution in [0.25, 0.3) is 0 Å². The highest BCUT2D eigenvalue weighted by atomic mass is 16.3. The fourth-order valence-corrected chi connectivity index (χ4v) is 3.31. The van der Waals surface area contributed by atoms with Crippen molar-refractivity contribution in [2.24, 2.45) is 11.8 Å². The zero-order chi connectivity index (χ0) is 18.8. The molecule has 0 spiro atoms. The van der Waals surface area contributed by atoms with E-state index in [0.717, 1.165) is 19.3 Å². The summed E-state index contributed by atoms with van der Waals surface area (Å²) >= 11 is 0. The summed E-state index contributed by atoms with van der Waals surface area (Å²) in [5.41, 5.74) is -0.822. The fourth-order valence-electron chi connectivity index (χ4n) is 3.31. The summed E-state index contributed by atoms with van der Waals surface area (Å²) in [5.74, 6) is 0.505. The number of aliphatic hydroxyl groups excluding tert-OH is 1. The summed E-state index contributed by atoms with van der Waals surface area (Å²) in [6, 6.07) is 0. The molecule has 0 saturated heterocycles. The molecule has 4 N–H and O–H groups in total. The Morgan fingerprint density at radius 2 is 1.50 bits per heavy atom. The molecule has 0 aromatic heterocycles. The van der Waals surface area contributed by atoms with Crippen molar-refractivity contribution in [3.8, 4) is 0 Å². The second-order valence-electron chi connectivity index (χ2n) is 8.85. The zero-order valence-electron chi connectivity index (χ0n) is 16.3. The van der Waals surface area contributed by atoms with Gasteiger partial charge in [0.15, 0.2) is 0 Å². The van der Waals surface area contributed by atoms with Gasteiger partial charge in [0.1, 0.15) is 0 Å². The summed E-state index contributed by atoms with van der Waals surface area (Å²) in [6.45, 7) is 11.8. The van der Waals surface area contributed by atoms with Gasteiger partial charge in [0.25, 0.3) is 0 Å². The molecule has 2 aliphatic rings. The van der Waals surface area contributed by atoms with Gasteiger partial charge >= 0.3 is 0 Å². The highest BCUT2D eigenvalue weighted by molar-refractivity contribution is 5.08. The Kier molecular flexibility index (Phi) is 7.08. The van der Waals surface area contributed by atoms with E-state index in [9.17, 15) is 20.4 Å². The predicted molar refractivity (Wildman–Crippen MR) is 97.7 cm³/mol. The topological polar surface area (TPSA) is 80.9 Å². The third-order valence-electron chi connectivity index (χ3n) is 6.23. The second-order valence-corrected chi connectivity index (χ2v) is 8.85. The van der Waals surface area contributed by atoms with Gasteiger partial charge in [-0.25, -0.2) is 0 Å². The maximum atomic E-state index is 10.1. The minimum Gasteiger partial charge on any atom is -0.390 e. The van der Waals surface area contributed by atoms with Crippen LogP contribution in [0.2, 0.25) is 0 Å². The van der Waals surface area contributed by atoms with E-state index in [1.165, 1.54) is 5.57 Å². The maximum Gasteiger partial charge on any atom is 0.0879 e. The summed E-state index contributed by atoms with van der Waals surface area (Å²) in [7, 11) is 0. The molecule has 1 fully saturated rings. The van der Waals surface area contributed by atoms with Crippen LogP contribution in [-0.4, -0.2) is 43.3 Å². The monoisotopic (exact) mass is 342 g/mol. The molecule has 0 aliphatic heterocycles. The van der Waals surface area contributed by atoms with E-state index in [1.807, 2.05) is 13.8 Å². The van der Waals surface area contributed by atoms with E-state index in [2.05, 4.69) is 26.8 Å². The zero-order valence-corrected chi connectivity index (χ0v) is 16.3. The SMILES string of the molecule is CC(C)C1(O)CCC(C)(O)C(O)C1.CC1=CCC(O)(C(C)C)CC1. The first-order valence-corrected chi connectivity index (χ1v) is 9.33. The van der Waals surface area contributed by atoms with Crippen LogP contribution < -0.4 is 0 Å². The van der Waals surface area contributed by atoms with Crippen molar-refractivity contribution in [1.82, 2.24) is 0 Å². The van der Waals surface area contributed by atoms with Crippen LogP contribution in [0.1, 0.15) is 80.1 Å². The van der Waals surface area contributed by atoms with Gasteiger partial charge in [-0.3, -0.25) is 0 Å². The molecular weight excluding hydrogens is 304 g/mol. The predicted octanol–water partition coefficient (Wildman–Crippen LogP) is 3.17. The van der Waals surface area contributed by atoms with Crippen LogP contribution >= 0.6 is 0 Å². The van der Waals surface area contributed by atoms with E-state index >= 15 is 0 Å². The van der Waals surface area contributed by atoms with Crippen molar-refractivity contribution in [2.75, 3.05) is 0 Å². The molecule has 2 aliphatic carbocycles. The molecular formula is C20H38O4. The molecule has 0 amide bonds. The van der Waals surface area contributed by atoms with Crippen LogP contribution in [0.3, 0.4) is 0 Å². The van der Waals surface area contributed by atoms with Gasteiger partial charge in [0.05, 0.1) is 22.9 Å². The number of hydrogen-bond acceptors (Lipinski definition) is 4. The first-order chi connectivity index (χ1) is 10.8. The molecule has 4 atom stereocenters. The first-order valence-electron chi connectivity index (χ1n) is 9.33. The first kappa shape index (κ1) is 21.6. The third-order valence-corrected chi connectivity index (χ3v) is 6.23. The quantitative estimate of drug-likeness (QED) is 0.581. The van der Waals surface area contributed by atoms with E-state index in [0.29, 0.717) is 18.8 Å². The molecule has 142 valence electrons. The average Bonchev–Trinajstić information content (AvgIpc) is 2.47. The van der Waals surface area contributed by atoms with Crippen molar-refractivity contribution in [2.45, 2.75) is 103 Å². The van der Waals surface area contributed by atoms with Gasteiger partial charge in [-0.1, -0.05) is 39.3 Å². The van der Waals surface area contributed by atoms with Gasteiger partial charge in [0.2, 0.25) is 0 Å². The highest BCUT2D eigenvalue weighted by Crippen LogP contribution is 2.39. The maximum absolute atomic E-state index is 10.1. The fraction of sp³-hybridized carbons (Fsp3) is 0.900. The lowest BCUT2D eigenvalue weighted by molar-refractivity contribution is -0.160. The van der Waals surface area contributed by atoms with Crippen LogP contribution in [0, 0.1) is 11.8 Å². The molecule has 24 heavy (non-hydrogen) atoms. The normalized spacial score (nSPS) is 40.2. The van der Waals surface area contributed by atoms with E-state index < -0.39 is 22.9 Å². The Bertz CT molecular complexity index is 441. The standard InChI is InChI=1S/C10H20O3.C10H18O/c1-7(2)10(13)5-4-9(3,12)8(11)6-10;1-8(2)10(11)6-4-9(3)5-7-10/h7-8,11-13H,4-6H2,1-3H3;4,8,11H,5-7H2,1-3H3. The highest BCUT2D eigenvalue weighted by Gasteiger charge is 2.45. The molecule has 2 rings (SSSR count). The van der Waals surface area contributed by atoms with Crippen LogP contribution in [-0.2, 0) is 0 Å². The Labute approximate surface area is 147 Å². The summed E-state index contributed by atoms with van der Waals surface area (Å²) in [6.07, 6.45) is 5.50. The lowest BCUT2D eigenvalue weighted by Crippen LogP contribution is -2.53. The Morgan fingerprint density at radius 3 is 1.88 bits per heavy atom. The molecule has 0 bridgehead atoms. The number of hydrogen-bond donors (Lipinski definition) is 4. The summed E-state index contributed by atoms with van der Waals surface area (Å²) in [5, 5.41) is 39.4. The number of rotatable bonds is 2. The van der Waals surface area contributed by atoms with E-state index in [-0.39, 0.29) is 12.3 Å². The Hall–Kier alpha value is -0.420.